The molecule has 0 amide bonds. The van der Waals surface area contributed by atoms with Gasteiger partial charge in [0.05, 0.1) is 6.61 Å². The van der Waals surface area contributed by atoms with Crippen LogP contribution in [0.5, 0.6) is 0 Å². The lowest BCUT2D eigenvalue weighted by molar-refractivity contribution is 0.255. The van der Waals surface area contributed by atoms with Gasteiger partial charge < -0.3 is 9.87 Å². The molecule has 0 saturated heterocycles. The van der Waals surface area contributed by atoms with Gasteiger partial charge in [-0.15, -0.1) is 0 Å². The standard InChI is InChI=1S/C12H10N3.C7H16O4S/c13-15-12-9-5-4-8-11(12)14-10-6-2-1-3-7-10;1-2-3-4-5-6-7-11-12(8,9)10/h1-9,14H;2-7H2,1H3,(H,8,9,10)/q+1;/p-1. The molecule has 0 aromatic heterocycles. The van der Waals surface area contributed by atoms with E-state index in [4.69, 9.17) is 5.39 Å². The zero-order valence-corrected chi connectivity index (χ0v) is 16.2. The van der Waals surface area contributed by atoms with Gasteiger partial charge >= 0.3 is 5.69 Å². The molecule has 27 heavy (non-hydrogen) atoms. The number of diazo groups is 1. The summed E-state index contributed by atoms with van der Waals surface area (Å²) in [4.78, 5) is 3.20. The summed E-state index contributed by atoms with van der Waals surface area (Å²) < 4.78 is 33.9. The molecule has 2 rings (SSSR count). The number of benzene rings is 2. The fourth-order valence-corrected chi connectivity index (χ4v) is 2.53. The van der Waals surface area contributed by atoms with Gasteiger partial charge in [-0.05, 0) is 24.6 Å². The maximum Gasteiger partial charge on any atom is 0.408 e. The maximum atomic E-state index is 9.94. The summed E-state index contributed by atoms with van der Waals surface area (Å²) in [6.07, 6.45) is 4.91. The van der Waals surface area contributed by atoms with Crippen molar-refractivity contribution in [3.05, 3.63) is 59.6 Å². The zero-order valence-electron chi connectivity index (χ0n) is 15.4. The Labute approximate surface area is 161 Å². The highest BCUT2D eigenvalue weighted by atomic mass is 32.3. The van der Waals surface area contributed by atoms with Gasteiger partial charge in [-0.2, -0.15) is 0 Å². The lowest BCUT2D eigenvalue weighted by Gasteiger charge is -2.06. The van der Waals surface area contributed by atoms with Crippen molar-refractivity contribution in [2.45, 2.75) is 39.0 Å². The summed E-state index contributed by atoms with van der Waals surface area (Å²) in [7, 11) is -4.47. The van der Waals surface area contributed by atoms with Crippen molar-refractivity contribution in [3.8, 4) is 0 Å². The average molecular weight is 391 g/mol. The number of unbranched alkanes of at least 4 members (excludes halogenated alkanes) is 4. The van der Waals surface area contributed by atoms with Crippen LogP contribution in [0.2, 0.25) is 0 Å². The van der Waals surface area contributed by atoms with E-state index in [1.54, 1.807) is 6.07 Å². The molecule has 0 aliphatic heterocycles. The number of nitrogens with one attached hydrogen (secondary N) is 1. The molecule has 0 radical (unpaired) electrons. The van der Waals surface area contributed by atoms with Crippen molar-refractivity contribution < 1.29 is 17.2 Å². The predicted molar refractivity (Wildman–Crippen MR) is 105 cm³/mol. The van der Waals surface area contributed by atoms with E-state index in [2.05, 4.69) is 21.4 Å². The molecule has 8 heteroatoms. The second-order valence-corrected chi connectivity index (χ2v) is 6.80. The van der Waals surface area contributed by atoms with Crippen LogP contribution in [0.1, 0.15) is 39.0 Å². The number of hydrogen-bond acceptors (Lipinski definition) is 6. The van der Waals surface area contributed by atoms with Crippen molar-refractivity contribution in [3.63, 3.8) is 0 Å². The van der Waals surface area contributed by atoms with E-state index in [1.807, 2.05) is 48.5 Å². The van der Waals surface area contributed by atoms with Crippen LogP contribution >= 0.6 is 0 Å². The van der Waals surface area contributed by atoms with Gasteiger partial charge in [0.1, 0.15) is 5.69 Å². The Morgan fingerprint density at radius 2 is 1.63 bits per heavy atom. The Bertz CT molecular complexity index is 805. The zero-order chi connectivity index (χ0) is 20.0. The molecule has 0 fully saturated rings. The molecule has 0 atom stereocenters. The fourth-order valence-electron chi connectivity index (χ4n) is 2.21. The topological polar surface area (TPSA) is 107 Å². The number of rotatable bonds is 9. The van der Waals surface area contributed by atoms with Crippen LogP contribution in [-0.4, -0.2) is 19.6 Å². The number of nitrogens with zero attached hydrogens (tertiary/aromatic N) is 2. The normalized spacial score (nSPS) is 10.4. The SMILES string of the molecule is CCCCCCCOS(=O)(=O)[O-].N#[N+]c1ccccc1Nc1ccccc1. The smallest absolute Gasteiger partial charge is 0.408 e. The molecular formula is C19H25N3O4S. The lowest BCUT2D eigenvalue weighted by atomic mass is 10.2. The first-order chi connectivity index (χ1) is 13.0. The third-order valence-corrected chi connectivity index (χ3v) is 4.00. The molecule has 2 aromatic carbocycles. The van der Waals surface area contributed by atoms with Gasteiger partial charge in [0.15, 0.2) is 4.98 Å². The lowest BCUT2D eigenvalue weighted by Crippen LogP contribution is -2.04. The first-order valence-corrected chi connectivity index (χ1v) is 10.2. The van der Waals surface area contributed by atoms with Crippen LogP contribution in [0, 0.1) is 5.39 Å². The van der Waals surface area contributed by atoms with Crippen molar-refractivity contribution >= 4 is 27.5 Å². The Morgan fingerprint density at radius 3 is 2.26 bits per heavy atom. The Balaban J connectivity index is 0.000000279. The largest absolute Gasteiger partial charge is 0.726 e. The molecule has 0 heterocycles. The third kappa shape index (κ3) is 11.0. The van der Waals surface area contributed by atoms with Gasteiger partial charge in [-0.25, -0.2) is 8.42 Å². The first kappa shape index (κ1) is 22.6. The van der Waals surface area contributed by atoms with Crippen molar-refractivity contribution in [2.75, 3.05) is 11.9 Å². The molecule has 0 aliphatic rings. The second kappa shape index (κ2) is 12.8. The molecule has 7 nitrogen and oxygen atoms in total. The van der Waals surface area contributed by atoms with E-state index in [0.717, 1.165) is 37.1 Å². The summed E-state index contributed by atoms with van der Waals surface area (Å²) in [5, 5.41) is 12.0. The van der Waals surface area contributed by atoms with Gasteiger partial charge in [0.25, 0.3) is 0 Å². The number of para-hydroxylation sites is 2. The number of anilines is 2. The van der Waals surface area contributed by atoms with E-state index >= 15 is 0 Å². The molecule has 0 saturated carbocycles. The van der Waals surface area contributed by atoms with E-state index in [0.29, 0.717) is 12.1 Å². The third-order valence-electron chi connectivity index (χ3n) is 3.54. The Hall–Kier alpha value is -2.47. The summed E-state index contributed by atoms with van der Waals surface area (Å²) >= 11 is 0. The second-order valence-electron chi connectivity index (χ2n) is 5.75. The minimum Gasteiger partial charge on any atom is -0.726 e. The summed E-state index contributed by atoms with van der Waals surface area (Å²) in [6, 6.07) is 17.1. The molecule has 1 N–H and O–H groups in total. The maximum absolute atomic E-state index is 9.94. The van der Waals surface area contributed by atoms with Crippen LogP contribution in [0.4, 0.5) is 17.1 Å². The summed E-state index contributed by atoms with van der Waals surface area (Å²) in [5.41, 5.74) is 2.28. The Kier molecular flexibility index (Phi) is 10.7. The molecule has 0 aliphatic carbocycles. The van der Waals surface area contributed by atoms with Crippen LogP contribution in [0.15, 0.2) is 54.6 Å². The van der Waals surface area contributed by atoms with E-state index in [1.165, 1.54) is 0 Å². The highest BCUT2D eigenvalue weighted by Gasteiger charge is 2.11. The summed E-state index contributed by atoms with van der Waals surface area (Å²) in [5.74, 6) is 0. The van der Waals surface area contributed by atoms with Crippen molar-refractivity contribution in [1.82, 2.24) is 0 Å². The average Bonchev–Trinajstić information content (AvgIpc) is 2.65. The van der Waals surface area contributed by atoms with E-state index < -0.39 is 10.4 Å². The monoisotopic (exact) mass is 391 g/mol. The first-order valence-electron chi connectivity index (χ1n) is 8.82. The van der Waals surface area contributed by atoms with Gasteiger partial charge in [0.2, 0.25) is 15.8 Å². The quantitative estimate of drug-likeness (QED) is 0.267. The molecule has 0 bridgehead atoms. The van der Waals surface area contributed by atoms with Crippen LogP contribution in [-0.2, 0) is 14.6 Å². The highest BCUT2D eigenvalue weighted by Crippen LogP contribution is 2.27. The van der Waals surface area contributed by atoms with Crippen molar-refractivity contribution in [2.24, 2.45) is 0 Å². The molecule has 0 unspecified atom stereocenters. The molecular weight excluding hydrogens is 366 g/mol. The summed E-state index contributed by atoms with van der Waals surface area (Å²) in [6.45, 7) is 2.12. The number of hydrogen-bond donors (Lipinski definition) is 1. The van der Waals surface area contributed by atoms with E-state index in [9.17, 15) is 13.0 Å². The highest BCUT2D eigenvalue weighted by molar-refractivity contribution is 7.80. The van der Waals surface area contributed by atoms with E-state index in [-0.39, 0.29) is 6.61 Å². The predicted octanol–water partition coefficient (Wildman–Crippen LogP) is 5.35. The Morgan fingerprint density at radius 1 is 1.00 bits per heavy atom. The van der Waals surface area contributed by atoms with Crippen molar-refractivity contribution in [1.29, 1.82) is 5.39 Å². The van der Waals surface area contributed by atoms with Gasteiger partial charge in [-0.3, -0.25) is 4.18 Å². The van der Waals surface area contributed by atoms with Gasteiger partial charge in [0, 0.05) is 11.8 Å². The van der Waals surface area contributed by atoms with Crippen LogP contribution < -0.4 is 5.32 Å². The molecule has 2 aromatic rings. The van der Waals surface area contributed by atoms with Gasteiger partial charge in [-0.1, -0.05) is 62.9 Å². The van der Waals surface area contributed by atoms with Crippen LogP contribution in [0.3, 0.4) is 0 Å². The minimum absolute atomic E-state index is 0.0234. The fraction of sp³-hybridized carbons (Fsp3) is 0.368. The molecule has 0 spiro atoms. The van der Waals surface area contributed by atoms with Crippen LogP contribution in [0.25, 0.3) is 4.98 Å². The molecule has 146 valence electrons. The minimum atomic E-state index is -4.47.